The molecule has 2 aromatic rings. The fourth-order valence-electron chi connectivity index (χ4n) is 2.76. The second kappa shape index (κ2) is 5.90. The number of hydrogen-bond acceptors (Lipinski definition) is 1. The van der Waals surface area contributed by atoms with E-state index < -0.39 is 0 Å². The first-order chi connectivity index (χ1) is 9.61. The molecule has 1 N–H and O–H groups in total. The van der Waals surface area contributed by atoms with Gasteiger partial charge in [0.1, 0.15) is 0 Å². The lowest BCUT2D eigenvalue weighted by Crippen LogP contribution is -2.34. The van der Waals surface area contributed by atoms with Crippen LogP contribution in [0, 0.1) is 6.92 Å². The Balaban J connectivity index is 1.61. The van der Waals surface area contributed by atoms with Gasteiger partial charge in [0, 0.05) is 20.7 Å². The Morgan fingerprint density at radius 1 is 1.05 bits per heavy atom. The molecule has 1 fully saturated rings. The summed E-state index contributed by atoms with van der Waals surface area (Å²) in [5.74, 6) is 0.710. The minimum atomic E-state index is 0.581. The van der Waals surface area contributed by atoms with Crippen LogP contribution in [0.15, 0.2) is 51.4 Å². The van der Waals surface area contributed by atoms with Crippen LogP contribution < -0.4 is 5.32 Å². The molecule has 104 valence electrons. The van der Waals surface area contributed by atoms with Gasteiger partial charge in [-0.25, -0.2) is 0 Å². The fourth-order valence-corrected chi connectivity index (χ4v) is 3.92. The van der Waals surface area contributed by atoms with Crippen LogP contribution in [0.3, 0.4) is 0 Å². The summed E-state index contributed by atoms with van der Waals surface area (Å²) in [6.07, 6.45) is 2.43. The van der Waals surface area contributed by atoms with E-state index in [2.05, 4.69) is 86.6 Å². The summed E-state index contributed by atoms with van der Waals surface area (Å²) in [4.78, 5) is 0. The first-order valence-corrected chi connectivity index (χ1v) is 8.48. The van der Waals surface area contributed by atoms with Gasteiger partial charge in [0.15, 0.2) is 0 Å². The van der Waals surface area contributed by atoms with Crippen molar-refractivity contribution in [2.24, 2.45) is 0 Å². The van der Waals surface area contributed by atoms with Gasteiger partial charge < -0.3 is 5.32 Å². The van der Waals surface area contributed by atoms with Crippen molar-refractivity contribution in [2.45, 2.75) is 31.7 Å². The van der Waals surface area contributed by atoms with E-state index in [4.69, 9.17) is 0 Å². The number of aryl methyl sites for hydroxylation is 1. The van der Waals surface area contributed by atoms with E-state index in [1.165, 1.54) is 29.7 Å². The van der Waals surface area contributed by atoms with Gasteiger partial charge in [-0.05, 0) is 65.4 Å². The van der Waals surface area contributed by atoms with Gasteiger partial charge in [0.25, 0.3) is 0 Å². The zero-order chi connectivity index (χ0) is 14.1. The highest BCUT2D eigenvalue weighted by molar-refractivity contribution is 9.11. The van der Waals surface area contributed by atoms with Crippen molar-refractivity contribution < 1.29 is 0 Å². The summed E-state index contributed by atoms with van der Waals surface area (Å²) in [7, 11) is 0. The first-order valence-electron chi connectivity index (χ1n) is 6.90. The third-order valence-electron chi connectivity index (χ3n) is 3.94. The first kappa shape index (κ1) is 14.2. The number of rotatable bonds is 3. The van der Waals surface area contributed by atoms with Crippen molar-refractivity contribution in [3.8, 4) is 0 Å². The maximum Gasteiger partial charge on any atom is 0.0487 e. The molecule has 2 aromatic carbocycles. The molecule has 3 rings (SSSR count). The Labute approximate surface area is 137 Å². The van der Waals surface area contributed by atoms with Crippen LogP contribution in [0.1, 0.15) is 29.9 Å². The van der Waals surface area contributed by atoms with E-state index in [9.17, 15) is 0 Å². The van der Waals surface area contributed by atoms with E-state index in [0.717, 1.165) is 8.95 Å². The molecule has 3 heteroatoms. The van der Waals surface area contributed by atoms with Crippen molar-refractivity contribution in [1.29, 1.82) is 0 Å². The molecule has 0 radical (unpaired) electrons. The standard InChI is InChI=1S/C17H17Br2N/c1-11-3-2-4-12(7-11)13-8-15(9-13)20-17-6-5-14(18)10-16(17)19/h2-7,10,13,15,20H,8-9H2,1H3. The Morgan fingerprint density at radius 2 is 1.85 bits per heavy atom. The maximum absolute atomic E-state index is 3.62. The molecule has 1 aliphatic rings. The largest absolute Gasteiger partial charge is 0.381 e. The van der Waals surface area contributed by atoms with Gasteiger partial charge >= 0.3 is 0 Å². The Bertz CT molecular complexity index is 618. The minimum absolute atomic E-state index is 0.581. The highest BCUT2D eigenvalue weighted by atomic mass is 79.9. The Kier molecular flexibility index (Phi) is 4.18. The molecule has 20 heavy (non-hydrogen) atoms. The third-order valence-corrected chi connectivity index (χ3v) is 5.09. The van der Waals surface area contributed by atoms with Gasteiger partial charge in [-0.15, -0.1) is 0 Å². The monoisotopic (exact) mass is 393 g/mol. The SMILES string of the molecule is Cc1cccc(C2CC(Nc3ccc(Br)cc3Br)C2)c1. The predicted octanol–water partition coefficient (Wildman–Crippen LogP) is 5.88. The lowest BCUT2D eigenvalue weighted by atomic mass is 9.75. The van der Waals surface area contributed by atoms with E-state index >= 15 is 0 Å². The van der Waals surface area contributed by atoms with Crippen LogP contribution in [0.5, 0.6) is 0 Å². The average Bonchev–Trinajstić information content (AvgIpc) is 2.35. The van der Waals surface area contributed by atoms with Crippen molar-refractivity contribution in [2.75, 3.05) is 5.32 Å². The molecule has 1 nitrogen and oxygen atoms in total. The highest BCUT2D eigenvalue weighted by Gasteiger charge is 2.30. The molecular weight excluding hydrogens is 378 g/mol. The normalized spacial score (nSPS) is 21.4. The molecule has 1 saturated carbocycles. The quantitative estimate of drug-likeness (QED) is 0.685. The van der Waals surface area contributed by atoms with Gasteiger partial charge in [0.2, 0.25) is 0 Å². The number of hydrogen-bond donors (Lipinski definition) is 1. The molecule has 0 aromatic heterocycles. The summed E-state index contributed by atoms with van der Waals surface area (Å²) < 4.78 is 2.21. The Hall–Kier alpha value is -0.800. The van der Waals surface area contributed by atoms with Crippen LogP contribution in [-0.2, 0) is 0 Å². The number of halogens is 2. The van der Waals surface area contributed by atoms with Crippen LogP contribution in [0.25, 0.3) is 0 Å². The molecule has 0 spiro atoms. The molecule has 0 bridgehead atoms. The van der Waals surface area contributed by atoms with Gasteiger partial charge in [-0.2, -0.15) is 0 Å². The summed E-state index contributed by atoms with van der Waals surface area (Å²) in [6.45, 7) is 2.16. The second-order valence-electron chi connectivity index (χ2n) is 5.55. The van der Waals surface area contributed by atoms with Crippen molar-refractivity contribution in [3.05, 3.63) is 62.5 Å². The molecular formula is C17H17Br2N. The lowest BCUT2D eigenvalue weighted by Gasteiger charge is -2.37. The fraction of sp³-hybridized carbons (Fsp3) is 0.294. The predicted molar refractivity (Wildman–Crippen MR) is 92.4 cm³/mol. The highest BCUT2D eigenvalue weighted by Crippen LogP contribution is 2.39. The van der Waals surface area contributed by atoms with Crippen LogP contribution in [0.2, 0.25) is 0 Å². The number of benzene rings is 2. The summed E-state index contributed by atoms with van der Waals surface area (Å²) in [6, 6.07) is 15.8. The number of anilines is 1. The van der Waals surface area contributed by atoms with E-state index in [-0.39, 0.29) is 0 Å². The van der Waals surface area contributed by atoms with Gasteiger partial charge in [-0.1, -0.05) is 45.8 Å². The van der Waals surface area contributed by atoms with Crippen LogP contribution >= 0.6 is 31.9 Å². The summed E-state index contributed by atoms with van der Waals surface area (Å²) in [5, 5.41) is 3.62. The van der Waals surface area contributed by atoms with Crippen LogP contribution in [0.4, 0.5) is 5.69 Å². The molecule has 0 saturated heterocycles. The Morgan fingerprint density at radius 3 is 2.55 bits per heavy atom. The average molecular weight is 395 g/mol. The molecule has 0 atom stereocenters. The molecule has 0 aliphatic heterocycles. The summed E-state index contributed by atoms with van der Waals surface area (Å²) in [5.41, 5.74) is 4.02. The molecule has 0 unspecified atom stereocenters. The van der Waals surface area contributed by atoms with Crippen molar-refractivity contribution >= 4 is 37.5 Å². The second-order valence-corrected chi connectivity index (χ2v) is 7.32. The molecule has 1 aliphatic carbocycles. The molecule has 0 heterocycles. The van der Waals surface area contributed by atoms with Gasteiger partial charge in [0.05, 0.1) is 0 Å². The van der Waals surface area contributed by atoms with E-state index in [1.807, 2.05) is 0 Å². The summed E-state index contributed by atoms with van der Waals surface area (Å²) >= 11 is 7.09. The maximum atomic E-state index is 3.62. The van der Waals surface area contributed by atoms with Crippen LogP contribution in [-0.4, -0.2) is 6.04 Å². The number of nitrogens with one attached hydrogen (secondary N) is 1. The van der Waals surface area contributed by atoms with E-state index in [0.29, 0.717) is 12.0 Å². The topological polar surface area (TPSA) is 12.0 Å². The zero-order valence-electron chi connectivity index (χ0n) is 11.4. The minimum Gasteiger partial charge on any atom is -0.381 e. The van der Waals surface area contributed by atoms with Crippen molar-refractivity contribution in [3.63, 3.8) is 0 Å². The van der Waals surface area contributed by atoms with Crippen molar-refractivity contribution in [1.82, 2.24) is 0 Å². The third kappa shape index (κ3) is 3.09. The lowest BCUT2D eigenvalue weighted by molar-refractivity contribution is 0.374. The van der Waals surface area contributed by atoms with Gasteiger partial charge in [-0.3, -0.25) is 0 Å². The smallest absolute Gasteiger partial charge is 0.0487 e. The zero-order valence-corrected chi connectivity index (χ0v) is 14.5. The molecule has 0 amide bonds. The van der Waals surface area contributed by atoms with E-state index in [1.54, 1.807) is 0 Å².